The fourth-order valence-electron chi connectivity index (χ4n) is 8.44. The van der Waals surface area contributed by atoms with Gasteiger partial charge in [0.2, 0.25) is 0 Å². The van der Waals surface area contributed by atoms with Gasteiger partial charge in [0.1, 0.15) is 5.78 Å². The second-order valence-electron chi connectivity index (χ2n) is 12.1. The molecule has 0 amide bonds. The molecule has 3 heteroatoms. The Morgan fingerprint density at radius 2 is 1.83 bits per heavy atom. The number of carbonyl (C=O) groups excluding carboxylic acids is 1. The number of aliphatic hydroxyl groups excluding tert-OH is 2. The van der Waals surface area contributed by atoms with Crippen molar-refractivity contribution < 1.29 is 15.0 Å². The van der Waals surface area contributed by atoms with Gasteiger partial charge in [-0.1, -0.05) is 46.3 Å². The highest BCUT2D eigenvalue weighted by atomic mass is 16.3. The van der Waals surface area contributed by atoms with Crippen molar-refractivity contribution in [3.8, 4) is 0 Å². The van der Waals surface area contributed by atoms with Gasteiger partial charge in [-0.2, -0.15) is 0 Å². The van der Waals surface area contributed by atoms with E-state index >= 15 is 0 Å². The third-order valence-corrected chi connectivity index (χ3v) is 10.4. The SMILES string of the molecule is CC(C)C(=O)C[C@@H](O)[C@@H](C)[C@H]1CC[C@H]2[C@@H]3CC=C4C[C@@H](O)CC[C@]4(C)[C@H]3CC[C@]12C. The summed E-state index contributed by atoms with van der Waals surface area (Å²) in [6.07, 6.45) is 11.3. The van der Waals surface area contributed by atoms with Crippen molar-refractivity contribution in [3.05, 3.63) is 11.6 Å². The lowest BCUT2D eigenvalue weighted by atomic mass is 9.47. The first-order chi connectivity index (χ1) is 14.1. The van der Waals surface area contributed by atoms with E-state index in [1.54, 1.807) is 0 Å². The molecule has 3 fully saturated rings. The minimum atomic E-state index is -0.506. The van der Waals surface area contributed by atoms with E-state index in [9.17, 15) is 15.0 Å². The summed E-state index contributed by atoms with van der Waals surface area (Å²) in [6, 6.07) is 0. The minimum Gasteiger partial charge on any atom is -0.393 e. The first kappa shape index (κ1) is 22.5. The fraction of sp³-hybridized carbons (Fsp3) is 0.889. The molecular weight excluding hydrogens is 372 g/mol. The third kappa shape index (κ3) is 3.52. The predicted molar refractivity (Wildman–Crippen MR) is 121 cm³/mol. The van der Waals surface area contributed by atoms with Crippen molar-refractivity contribution in [1.29, 1.82) is 0 Å². The molecule has 0 bridgehead atoms. The monoisotopic (exact) mass is 416 g/mol. The van der Waals surface area contributed by atoms with Gasteiger partial charge < -0.3 is 10.2 Å². The molecule has 30 heavy (non-hydrogen) atoms. The van der Waals surface area contributed by atoms with Crippen molar-refractivity contribution >= 4 is 5.78 Å². The van der Waals surface area contributed by atoms with Crippen LogP contribution >= 0.6 is 0 Å². The van der Waals surface area contributed by atoms with Crippen LogP contribution in [0.25, 0.3) is 0 Å². The average Bonchev–Trinajstić information content (AvgIpc) is 3.04. The number of fused-ring (bicyclic) bond motifs is 5. The Kier molecular flexibility index (Phi) is 6.03. The molecular formula is C27H44O3. The summed E-state index contributed by atoms with van der Waals surface area (Å²) < 4.78 is 0. The summed E-state index contributed by atoms with van der Waals surface area (Å²) >= 11 is 0. The quantitative estimate of drug-likeness (QED) is 0.579. The van der Waals surface area contributed by atoms with E-state index in [0.717, 1.165) is 37.0 Å². The molecule has 0 unspecified atom stereocenters. The average molecular weight is 417 g/mol. The van der Waals surface area contributed by atoms with Gasteiger partial charge in [0, 0.05) is 12.3 Å². The van der Waals surface area contributed by atoms with E-state index in [4.69, 9.17) is 0 Å². The zero-order valence-corrected chi connectivity index (χ0v) is 19.9. The third-order valence-electron chi connectivity index (χ3n) is 10.4. The molecule has 9 atom stereocenters. The standard InChI is InChI=1S/C27H44O3/c1-16(2)24(29)15-25(30)17(3)21-8-9-22-20-7-6-18-14-19(28)10-12-26(18,4)23(20)11-13-27(21,22)5/h6,16-17,19-23,25,28,30H,7-15H2,1-5H3/t17-,19-,20-,21+,22-,23-,25+,26-,27+/m0/s1. The molecule has 3 saturated carbocycles. The number of Topliss-reactive ketones (excluding diaryl/α,β-unsaturated/α-hetero) is 1. The van der Waals surface area contributed by atoms with Crippen LogP contribution in [0.15, 0.2) is 11.6 Å². The topological polar surface area (TPSA) is 57.5 Å². The Morgan fingerprint density at radius 3 is 2.53 bits per heavy atom. The Labute approximate surface area is 183 Å². The van der Waals surface area contributed by atoms with Gasteiger partial charge in [-0.3, -0.25) is 4.79 Å². The molecule has 4 rings (SSSR count). The van der Waals surface area contributed by atoms with Gasteiger partial charge in [0.05, 0.1) is 12.2 Å². The van der Waals surface area contributed by atoms with Crippen LogP contribution in [-0.4, -0.2) is 28.2 Å². The molecule has 0 aliphatic heterocycles. The summed E-state index contributed by atoms with van der Waals surface area (Å²) in [7, 11) is 0. The van der Waals surface area contributed by atoms with Crippen molar-refractivity contribution in [2.75, 3.05) is 0 Å². The fourth-order valence-corrected chi connectivity index (χ4v) is 8.44. The number of allylic oxidation sites excluding steroid dienone is 1. The molecule has 0 spiro atoms. The second kappa shape index (κ2) is 8.03. The molecule has 0 heterocycles. The Hall–Kier alpha value is -0.670. The van der Waals surface area contributed by atoms with Crippen LogP contribution < -0.4 is 0 Å². The van der Waals surface area contributed by atoms with Crippen molar-refractivity contribution in [1.82, 2.24) is 0 Å². The lowest BCUT2D eigenvalue weighted by Gasteiger charge is -2.58. The smallest absolute Gasteiger partial charge is 0.138 e. The lowest BCUT2D eigenvalue weighted by Crippen LogP contribution is -2.51. The van der Waals surface area contributed by atoms with E-state index < -0.39 is 6.10 Å². The van der Waals surface area contributed by atoms with Gasteiger partial charge in [-0.05, 0) is 91.8 Å². The van der Waals surface area contributed by atoms with Crippen molar-refractivity contribution in [2.45, 2.75) is 105 Å². The summed E-state index contributed by atoms with van der Waals surface area (Å²) in [6.45, 7) is 11.1. The first-order valence-electron chi connectivity index (χ1n) is 12.7. The minimum absolute atomic E-state index is 0.00665. The largest absolute Gasteiger partial charge is 0.393 e. The Balaban J connectivity index is 1.52. The maximum atomic E-state index is 12.2. The summed E-state index contributed by atoms with van der Waals surface area (Å²) in [4.78, 5) is 12.2. The van der Waals surface area contributed by atoms with Crippen LogP contribution in [0.3, 0.4) is 0 Å². The van der Waals surface area contributed by atoms with E-state index in [1.807, 2.05) is 13.8 Å². The van der Waals surface area contributed by atoms with Crippen molar-refractivity contribution in [2.24, 2.45) is 46.3 Å². The maximum absolute atomic E-state index is 12.2. The van der Waals surface area contributed by atoms with E-state index in [2.05, 4.69) is 26.8 Å². The molecule has 0 radical (unpaired) electrons. The molecule has 0 aromatic rings. The molecule has 4 aliphatic rings. The Morgan fingerprint density at radius 1 is 1.10 bits per heavy atom. The second-order valence-corrected chi connectivity index (χ2v) is 12.1. The lowest BCUT2D eigenvalue weighted by molar-refractivity contribution is -0.125. The van der Waals surface area contributed by atoms with E-state index in [0.29, 0.717) is 17.8 Å². The number of hydrogen-bond donors (Lipinski definition) is 2. The molecule has 4 aliphatic carbocycles. The van der Waals surface area contributed by atoms with E-state index in [1.165, 1.54) is 37.7 Å². The zero-order chi connectivity index (χ0) is 21.8. The van der Waals surface area contributed by atoms with Gasteiger partial charge >= 0.3 is 0 Å². The van der Waals surface area contributed by atoms with Crippen LogP contribution in [0, 0.1) is 46.3 Å². The number of rotatable bonds is 5. The van der Waals surface area contributed by atoms with Crippen molar-refractivity contribution in [3.63, 3.8) is 0 Å². The number of aliphatic hydroxyl groups is 2. The highest BCUT2D eigenvalue weighted by Gasteiger charge is 2.59. The number of carbonyl (C=O) groups is 1. The molecule has 170 valence electrons. The molecule has 0 aromatic heterocycles. The number of ketones is 1. The number of hydrogen-bond acceptors (Lipinski definition) is 3. The van der Waals surface area contributed by atoms with Gasteiger partial charge in [0.15, 0.2) is 0 Å². The van der Waals surface area contributed by atoms with Gasteiger partial charge in [-0.15, -0.1) is 0 Å². The first-order valence-corrected chi connectivity index (χ1v) is 12.7. The highest BCUT2D eigenvalue weighted by molar-refractivity contribution is 5.80. The predicted octanol–water partition coefficient (Wildman–Crippen LogP) is 5.54. The van der Waals surface area contributed by atoms with Crippen LogP contribution in [0.5, 0.6) is 0 Å². The molecule has 3 nitrogen and oxygen atoms in total. The van der Waals surface area contributed by atoms with Gasteiger partial charge in [0.25, 0.3) is 0 Å². The van der Waals surface area contributed by atoms with Crippen LogP contribution in [0.2, 0.25) is 0 Å². The molecule has 0 saturated heterocycles. The Bertz CT molecular complexity index is 696. The van der Waals surface area contributed by atoms with Crippen LogP contribution in [0.4, 0.5) is 0 Å². The highest BCUT2D eigenvalue weighted by Crippen LogP contribution is 2.67. The van der Waals surface area contributed by atoms with Crippen LogP contribution in [-0.2, 0) is 4.79 Å². The van der Waals surface area contributed by atoms with Crippen LogP contribution in [0.1, 0.15) is 92.4 Å². The molecule has 2 N–H and O–H groups in total. The van der Waals surface area contributed by atoms with Gasteiger partial charge in [-0.25, -0.2) is 0 Å². The maximum Gasteiger partial charge on any atom is 0.138 e. The van der Waals surface area contributed by atoms with E-state index in [-0.39, 0.29) is 29.1 Å². The summed E-state index contributed by atoms with van der Waals surface area (Å²) in [5.74, 6) is 3.14. The normalized spacial score (nSPS) is 45.2. The summed E-state index contributed by atoms with van der Waals surface area (Å²) in [5.41, 5.74) is 2.12. The summed E-state index contributed by atoms with van der Waals surface area (Å²) in [5, 5.41) is 21.1. The zero-order valence-electron chi connectivity index (χ0n) is 19.9. The molecule has 0 aromatic carbocycles.